The van der Waals surface area contributed by atoms with Crippen molar-refractivity contribution in [2.45, 2.75) is 88.4 Å². The highest BCUT2D eigenvalue weighted by Gasteiger charge is 2.36. The minimum Gasteiger partial charge on any atom is -0.335 e. The van der Waals surface area contributed by atoms with Crippen molar-refractivity contribution >= 4 is 11.8 Å². The van der Waals surface area contributed by atoms with Gasteiger partial charge in [0, 0.05) is 24.2 Å². The van der Waals surface area contributed by atoms with Crippen molar-refractivity contribution in [2.24, 2.45) is 0 Å². The molecule has 2 bridgehead atoms. The Morgan fingerprint density at radius 3 is 2.44 bits per heavy atom. The van der Waals surface area contributed by atoms with Gasteiger partial charge in [-0.2, -0.15) is 5.10 Å². The van der Waals surface area contributed by atoms with Crippen LogP contribution in [-0.2, 0) is 0 Å². The summed E-state index contributed by atoms with van der Waals surface area (Å²) >= 11 is 0. The maximum Gasteiger partial charge on any atom is 0.320 e. The minimum absolute atomic E-state index is 0.0785. The van der Waals surface area contributed by atoms with Crippen LogP contribution in [-0.4, -0.2) is 45.9 Å². The van der Waals surface area contributed by atoms with Gasteiger partial charge >= 0.3 is 6.03 Å². The van der Waals surface area contributed by atoms with Gasteiger partial charge in [0.1, 0.15) is 5.82 Å². The fourth-order valence-corrected chi connectivity index (χ4v) is 5.10. The van der Waals surface area contributed by atoms with Crippen LogP contribution in [0.3, 0.4) is 0 Å². The molecule has 4 rings (SSSR count). The zero-order valence-electron chi connectivity index (χ0n) is 15.3. The molecule has 6 nitrogen and oxygen atoms in total. The zero-order chi connectivity index (χ0) is 17.2. The summed E-state index contributed by atoms with van der Waals surface area (Å²) in [7, 11) is 2.24. The van der Waals surface area contributed by atoms with Gasteiger partial charge in [-0.3, -0.25) is 5.32 Å². The molecule has 1 saturated carbocycles. The van der Waals surface area contributed by atoms with Gasteiger partial charge < -0.3 is 10.2 Å². The number of rotatable bonds is 3. The predicted octanol–water partition coefficient (Wildman–Crippen LogP) is 3.53. The molecule has 1 aromatic heterocycles. The van der Waals surface area contributed by atoms with E-state index in [0.29, 0.717) is 18.1 Å². The third-order valence-electron chi connectivity index (χ3n) is 6.51. The predicted molar refractivity (Wildman–Crippen MR) is 98.7 cm³/mol. The largest absolute Gasteiger partial charge is 0.335 e. The molecule has 2 aliphatic heterocycles. The Labute approximate surface area is 150 Å². The third kappa shape index (κ3) is 3.68. The number of piperidine rings is 2. The summed E-state index contributed by atoms with van der Waals surface area (Å²) in [5, 5.41) is 10.7. The van der Waals surface area contributed by atoms with Crippen LogP contribution in [0, 0.1) is 0 Å². The van der Waals surface area contributed by atoms with Gasteiger partial charge in [0.2, 0.25) is 0 Å². The molecule has 25 heavy (non-hydrogen) atoms. The van der Waals surface area contributed by atoms with E-state index in [2.05, 4.69) is 27.7 Å². The molecule has 138 valence electrons. The van der Waals surface area contributed by atoms with Crippen LogP contribution >= 0.6 is 0 Å². The Bertz CT molecular complexity index is 580. The second-order valence-electron chi connectivity index (χ2n) is 8.12. The molecule has 0 spiro atoms. The number of carbonyl (C=O) groups is 1. The monoisotopic (exact) mass is 345 g/mol. The van der Waals surface area contributed by atoms with Crippen LogP contribution in [0.2, 0.25) is 0 Å². The van der Waals surface area contributed by atoms with E-state index >= 15 is 0 Å². The Hall–Kier alpha value is -1.56. The van der Waals surface area contributed by atoms with Gasteiger partial charge in [0.05, 0.1) is 12.2 Å². The van der Waals surface area contributed by atoms with E-state index in [-0.39, 0.29) is 12.1 Å². The lowest BCUT2D eigenvalue weighted by Crippen LogP contribution is -2.55. The molecule has 3 aliphatic rings. The third-order valence-corrected chi connectivity index (χ3v) is 6.51. The van der Waals surface area contributed by atoms with Gasteiger partial charge in [-0.25, -0.2) is 9.48 Å². The summed E-state index contributed by atoms with van der Waals surface area (Å²) in [6, 6.07) is 3.82. The molecule has 2 N–H and O–H groups in total. The molecule has 3 heterocycles. The van der Waals surface area contributed by atoms with Crippen molar-refractivity contribution in [2.75, 3.05) is 12.4 Å². The number of hydrogen-bond donors (Lipinski definition) is 2. The maximum absolute atomic E-state index is 12.5. The standard InChI is InChI=1S/C19H31N5O/c1-23-16-8-5-9-17(23)13-14(12-16)21-19(25)22-18-10-11-20-24(18)15-6-3-2-4-7-15/h10-11,14-17H,2-9,12-13H2,1H3,(H2,21,22,25)/t16-,17-/m0/s1. The molecule has 1 aromatic rings. The Balaban J connectivity index is 1.34. The second-order valence-corrected chi connectivity index (χ2v) is 8.12. The number of carbonyl (C=O) groups excluding carboxylic acids is 1. The van der Waals surface area contributed by atoms with Crippen LogP contribution in [0.4, 0.5) is 10.6 Å². The Morgan fingerprint density at radius 1 is 1.04 bits per heavy atom. The summed E-state index contributed by atoms with van der Waals surface area (Å²) in [5.41, 5.74) is 0. The topological polar surface area (TPSA) is 62.2 Å². The van der Waals surface area contributed by atoms with Crippen molar-refractivity contribution in [1.29, 1.82) is 0 Å². The molecule has 0 aromatic carbocycles. The van der Waals surface area contributed by atoms with Crippen LogP contribution in [0.1, 0.15) is 70.3 Å². The molecule has 0 unspecified atom stereocenters. The van der Waals surface area contributed by atoms with Crippen molar-refractivity contribution in [1.82, 2.24) is 20.0 Å². The molecule has 1 aliphatic carbocycles. The lowest BCUT2D eigenvalue weighted by Gasteiger charge is -2.47. The fraction of sp³-hybridized carbons (Fsp3) is 0.789. The lowest BCUT2D eigenvalue weighted by molar-refractivity contribution is 0.0513. The number of nitrogens with one attached hydrogen (secondary N) is 2. The summed E-state index contributed by atoms with van der Waals surface area (Å²) in [6.45, 7) is 0. The van der Waals surface area contributed by atoms with E-state index in [1.807, 2.05) is 10.7 Å². The Kier molecular flexibility index (Phi) is 4.97. The van der Waals surface area contributed by atoms with Crippen LogP contribution < -0.4 is 10.6 Å². The van der Waals surface area contributed by atoms with Crippen molar-refractivity contribution in [3.63, 3.8) is 0 Å². The van der Waals surface area contributed by atoms with Crippen molar-refractivity contribution in [3.8, 4) is 0 Å². The van der Waals surface area contributed by atoms with Crippen molar-refractivity contribution < 1.29 is 4.79 Å². The van der Waals surface area contributed by atoms with E-state index in [4.69, 9.17) is 0 Å². The SMILES string of the molecule is CN1[C@H]2CCC[C@H]1CC(NC(=O)Nc1ccnn1C1CCCCC1)C2. The smallest absolute Gasteiger partial charge is 0.320 e. The van der Waals surface area contributed by atoms with Crippen LogP contribution in [0.25, 0.3) is 0 Å². The van der Waals surface area contributed by atoms with Gasteiger partial charge in [0.15, 0.2) is 0 Å². The maximum atomic E-state index is 12.5. The quantitative estimate of drug-likeness (QED) is 0.881. The lowest BCUT2D eigenvalue weighted by atomic mass is 9.82. The van der Waals surface area contributed by atoms with Crippen molar-refractivity contribution in [3.05, 3.63) is 12.3 Å². The first-order valence-electron chi connectivity index (χ1n) is 10.0. The number of anilines is 1. The second kappa shape index (κ2) is 7.36. The Morgan fingerprint density at radius 2 is 1.72 bits per heavy atom. The molecule has 2 saturated heterocycles. The summed E-state index contributed by atoms with van der Waals surface area (Å²) in [4.78, 5) is 15.1. The van der Waals surface area contributed by atoms with E-state index in [1.165, 1.54) is 38.5 Å². The highest BCUT2D eigenvalue weighted by atomic mass is 16.2. The average Bonchev–Trinajstić information content (AvgIpc) is 3.04. The van der Waals surface area contributed by atoms with Crippen LogP contribution in [0.5, 0.6) is 0 Å². The number of amides is 2. The van der Waals surface area contributed by atoms with E-state index in [1.54, 1.807) is 6.20 Å². The highest BCUT2D eigenvalue weighted by Crippen LogP contribution is 2.33. The number of aromatic nitrogens is 2. The summed E-state index contributed by atoms with van der Waals surface area (Å²) in [5.74, 6) is 0.831. The minimum atomic E-state index is -0.0785. The summed E-state index contributed by atoms with van der Waals surface area (Å²) in [6.07, 6.45) is 14.0. The van der Waals surface area contributed by atoms with E-state index < -0.39 is 0 Å². The first-order valence-corrected chi connectivity index (χ1v) is 10.0. The first kappa shape index (κ1) is 16.9. The first-order chi connectivity index (χ1) is 12.2. The number of urea groups is 1. The number of nitrogens with zero attached hydrogens (tertiary/aromatic N) is 3. The fourth-order valence-electron chi connectivity index (χ4n) is 5.10. The average molecular weight is 345 g/mol. The normalized spacial score (nSPS) is 30.8. The molecular formula is C19H31N5O. The number of hydrogen-bond acceptors (Lipinski definition) is 3. The van der Waals surface area contributed by atoms with Crippen LogP contribution in [0.15, 0.2) is 12.3 Å². The van der Waals surface area contributed by atoms with Gasteiger partial charge in [-0.15, -0.1) is 0 Å². The zero-order valence-corrected chi connectivity index (χ0v) is 15.3. The molecular weight excluding hydrogens is 314 g/mol. The van der Waals surface area contributed by atoms with Gasteiger partial charge in [0.25, 0.3) is 0 Å². The number of fused-ring (bicyclic) bond motifs is 2. The molecule has 3 fully saturated rings. The molecule has 6 heteroatoms. The van der Waals surface area contributed by atoms with E-state index in [0.717, 1.165) is 31.5 Å². The van der Waals surface area contributed by atoms with Gasteiger partial charge in [-0.05, 0) is 45.6 Å². The molecule has 2 atom stereocenters. The molecule has 2 amide bonds. The van der Waals surface area contributed by atoms with Gasteiger partial charge in [-0.1, -0.05) is 25.7 Å². The molecule has 0 radical (unpaired) electrons. The highest BCUT2D eigenvalue weighted by molar-refractivity contribution is 5.88. The summed E-state index contributed by atoms with van der Waals surface area (Å²) < 4.78 is 2.02. The van der Waals surface area contributed by atoms with E-state index in [9.17, 15) is 4.79 Å².